The van der Waals surface area contributed by atoms with Crippen LogP contribution in [0.4, 0.5) is 0 Å². The summed E-state index contributed by atoms with van der Waals surface area (Å²) in [6, 6.07) is 0. The molecule has 1 fully saturated rings. The highest BCUT2D eigenvalue weighted by atomic mass is 35.5. The number of rotatable bonds is 2. The molecule has 0 aromatic heterocycles. The van der Waals surface area contributed by atoms with E-state index in [4.69, 9.17) is 5.73 Å². The molecule has 0 aromatic rings. The van der Waals surface area contributed by atoms with Gasteiger partial charge in [-0.15, -0.1) is 12.4 Å². The molecule has 4 heteroatoms. The summed E-state index contributed by atoms with van der Waals surface area (Å²) >= 11 is 0. The molecule has 4 N–H and O–H groups in total. The lowest BCUT2D eigenvalue weighted by molar-refractivity contribution is 0.00485. The number of piperidine rings is 1. The molecule has 1 heterocycles. The zero-order valence-electron chi connectivity index (χ0n) is 6.68. The summed E-state index contributed by atoms with van der Waals surface area (Å²) in [6.07, 6.45) is 2.45. The van der Waals surface area contributed by atoms with E-state index >= 15 is 0 Å². The average Bonchev–Trinajstić information content (AvgIpc) is 1.89. The predicted octanol–water partition coefficient (Wildman–Crippen LogP) is -0.129. The van der Waals surface area contributed by atoms with Crippen molar-refractivity contribution in [2.75, 3.05) is 19.6 Å². The Morgan fingerprint density at radius 2 is 1.91 bits per heavy atom. The minimum absolute atomic E-state index is 0. The molecular formula is C7H17ClN2O. The first kappa shape index (κ1) is 11.2. The van der Waals surface area contributed by atoms with Crippen molar-refractivity contribution in [3.63, 3.8) is 0 Å². The van der Waals surface area contributed by atoms with E-state index in [0.29, 0.717) is 6.54 Å². The van der Waals surface area contributed by atoms with Gasteiger partial charge < -0.3 is 16.2 Å². The molecule has 1 aliphatic rings. The van der Waals surface area contributed by atoms with Gasteiger partial charge in [-0.3, -0.25) is 0 Å². The van der Waals surface area contributed by atoms with Crippen LogP contribution in [0.1, 0.15) is 19.3 Å². The maximum absolute atomic E-state index is 9.75. The van der Waals surface area contributed by atoms with Crippen LogP contribution in [0.15, 0.2) is 0 Å². The lowest BCUT2D eigenvalue weighted by Gasteiger charge is -2.32. The number of hydrogen-bond acceptors (Lipinski definition) is 3. The molecule has 0 saturated carbocycles. The van der Waals surface area contributed by atoms with E-state index in [9.17, 15) is 5.11 Å². The fourth-order valence-corrected chi connectivity index (χ4v) is 1.41. The van der Waals surface area contributed by atoms with Gasteiger partial charge in [0.25, 0.3) is 0 Å². The summed E-state index contributed by atoms with van der Waals surface area (Å²) in [5.41, 5.74) is 4.91. The summed E-state index contributed by atoms with van der Waals surface area (Å²) in [5.74, 6) is 0. The van der Waals surface area contributed by atoms with Crippen LogP contribution in [-0.2, 0) is 0 Å². The van der Waals surface area contributed by atoms with Crippen molar-refractivity contribution >= 4 is 12.4 Å². The van der Waals surface area contributed by atoms with Crippen molar-refractivity contribution in [3.05, 3.63) is 0 Å². The van der Waals surface area contributed by atoms with E-state index in [1.807, 2.05) is 0 Å². The summed E-state index contributed by atoms with van der Waals surface area (Å²) in [6.45, 7) is 2.45. The van der Waals surface area contributed by atoms with Crippen LogP contribution >= 0.6 is 12.4 Å². The molecule has 1 rings (SSSR count). The SMILES string of the molecule is Cl.NCCC1(O)CCNCC1. The van der Waals surface area contributed by atoms with Gasteiger partial charge in [0.1, 0.15) is 0 Å². The molecule has 0 aliphatic carbocycles. The summed E-state index contributed by atoms with van der Waals surface area (Å²) in [5, 5.41) is 12.9. The molecule has 0 amide bonds. The third-order valence-corrected chi connectivity index (χ3v) is 2.14. The first-order chi connectivity index (χ1) is 4.77. The van der Waals surface area contributed by atoms with Gasteiger partial charge in [0.15, 0.2) is 0 Å². The maximum Gasteiger partial charge on any atom is 0.0684 e. The van der Waals surface area contributed by atoms with E-state index in [1.165, 1.54) is 0 Å². The van der Waals surface area contributed by atoms with Crippen LogP contribution in [0.3, 0.4) is 0 Å². The molecule has 0 atom stereocenters. The number of hydrogen-bond donors (Lipinski definition) is 3. The molecule has 1 saturated heterocycles. The molecule has 0 bridgehead atoms. The maximum atomic E-state index is 9.75. The third kappa shape index (κ3) is 3.38. The quantitative estimate of drug-likeness (QED) is 0.555. The highest BCUT2D eigenvalue weighted by Gasteiger charge is 2.27. The first-order valence-electron chi connectivity index (χ1n) is 3.90. The van der Waals surface area contributed by atoms with Crippen molar-refractivity contribution < 1.29 is 5.11 Å². The Labute approximate surface area is 73.8 Å². The molecule has 0 radical (unpaired) electrons. The zero-order valence-corrected chi connectivity index (χ0v) is 7.49. The van der Waals surface area contributed by atoms with Crippen molar-refractivity contribution in [1.82, 2.24) is 5.32 Å². The molecule has 0 unspecified atom stereocenters. The van der Waals surface area contributed by atoms with Gasteiger partial charge >= 0.3 is 0 Å². The average molecular weight is 181 g/mol. The molecule has 11 heavy (non-hydrogen) atoms. The Morgan fingerprint density at radius 1 is 1.36 bits per heavy atom. The van der Waals surface area contributed by atoms with E-state index in [1.54, 1.807) is 0 Å². The molecule has 0 spiro atoms. The van der Waals surface area contributed by atoms with Crippen LogP contribution in [0.2, 0.25) is 0 Å². The highest BCUT2D eigenvalue weighted by molar-refractivity contribution is 5.85. The monoisotopic (exact) mass is 180 g/mol. The summed E-state index contributed by atoms with van der Waals surface area (Å²) in [4.78, 5) is 0. The summed E-state index contributed by atoms with van der Waals surface area (Å²) < 4.78 is 0. The minimum Gasteiger partial charge on any atom is -0.390 e. The molecule has 68 valence electrons. The standard InChI is InChI=1S/C7H16N2O.ClH/c8-4-1-7(10)2-5-9-6-3-7;/h9-10H,1-6,8H2;1H. The largest absolute Gasteiger partial charge is 0.390 e. The van der Waals surface area contributed by atoms with Crippen molar-refractivity contribution in [1.29, 1.82) is 0 Å². The van der Waals surface area contributed by atoms with E-state index in [-0.39, 0.29) is 12.4 Å². The van der Waals surface area contributed by atoms with Crippen molar-refractivity contribution in [2.24, 2.45) is 5.73 Å². The summed E-state index contributed by atoms with van der Waals surface area (Å²) in [7, 11) is 0. The van der Waals surface area contributed by atoms with Crippen LogP contribution < -0.4 is 11.1 Å². The Kier molecular flexibility index (Phi) is 5.01. The van der Waals surface area contributed by atoms with Gasteiger partial charge in [0.05, 0.1) is 5.60 Å². The molecule has 3 nitrogen and oxygen atoms in total. The molecule has 1 aliphatic heterocycles. The van der Waals surface area contributed by atoms with Gasteiger partial charge in [0, 0.05) is 0 Å². The lowest BCUT2D eigenvalue weighted by atomic mass is 9.89. The van der Waals surface area contributed by atoms with Gasteiger partial charge in [-0.25, -0.2) is 0 Å². The Balaban J connectivity index is 0.000001000. The third-order valence-electron chi connectivity index (χ3n) is 2.14. The lowest BCUT2D eigenvalue weighted by Crippen LogP contribution is -2.43. The Morgan fingerprint density at radius 3 is 2.36 bits per heavy atom. The Hall–Kier alpha value is 0.170. The van der Waals surface area contributed by atoms with Gasteiger partial charge in [-0.05, 0) is 38.9 Å². The predicted molar refractivity (Wildman–Crippen MR) is 48.0 cm³/mol. The number of nitrogens with one attached hydrogen (secondary N) is 1. The topological polar surface area (TPSA) is 58.3 Å². The van der Waals surface area contributed by atoms with E-state index < -0.39 is 5.60 Å². The fourth-order valence-electron chi connectivity index (χ4n) is 1.41. The van der Waals surface area contributed by atoms with Gasteiger partial charge in [0.2, 0.25) is 0 Å². The normalized spacial score (nSPS) is 22.4. The van der Waals surface area contributed by atoms with E-state index in [0.717, 1.165) is 32.4 Å². The molecule has 0 aromatic carbocycles. The van der Waals surface area contributed by atoms with Crippen LogP contribution in [0.5, 0.6) is 0 Å². The minimum atomic E-state index is -0.458. The zero-order chi connectivity index (χ0) is 7.45. The fraction of sp³-hybridized carbons (Fsp3) is 1.00. The van der Waals surface area contributed by atoms with Crippen molar-refractivity contribution in [2.45, 2.75) is 24.9 Å². The second-order valence-electron chi connectivity index (χ2n) is 3.01. The van der Waals surface area contributed by atoms with Gasteiger partial charge in [-0.1, -0.05) is 0 Å². The number of nitrogens with two attached hydrogens (primary N) is 1. The Bertz CT molecular complexity index is 99.1. The van der Waals surface area contributed by atoms with Crippen LogP contribution in [0, 0.1) is 0 Å². The second kappa shape index (κ2) is 4.93. The van der Waals surface area contributed by atoms with Gasteiger partial charge in [-0.2, -0.15) is 0 Å². The highest BCUT2D eigenvalue weighted by Crippen LogP contribution is 2.20. The first-order valence-corrected chi connectivity index (χ1v) is 3.90. The number of aliphatic hydroxyl groups is 1. The molecular weight excluding hydrogens is 164 g/mol. The second-order valence-corrected chi connectivity index (χ2v) is 3.01. The smallest absolute Gasteiger partial charge is 0.0684 e. The number of halogens is 1. The van der Waals surface area contributed by atoms with E-state index in [2.05, 4.69) is 5.32 Å². The van der Waals surface area contributed by atoms with Crippen molar-refractivity contribution in [3.8, 4) is 0 Å². The van der Waals surface area contributed by atoms with Crippen LogP contribution in [0.25, 0.3) is 0 Å². The van der Waals surface area contributed by atoms with Crippen LogP contribution in [-0.4, -0.2) is 30.3 Å².